The van der Waals surface area contributed by atoms with Crippen molar-refractivity contribution in [2.45, 2.75) is 49.3 Å². The predicted octanol–water partition coefficient (Wildman–Crippen LogP) is 4.35. The van der Waals surface area contributed by atoms with Gasteiger partial charge < -0.3 is 10.1 Å². The second-order valence-electron chi connectivity index (χ2n) is 6.68. The van der Waals surface area contributed by atoms with Gasteiger partial charge in [-0.2, -0.15) is 0 Å². The van der Waals surface area contributed by atoms with Crippen molar-refractivity contribution < 1.29 is 14.3 Å². The summed E-state index contributed by atoms with van der Waals surface area (Å²) in [4.78, 5) is 29.7. The summed E-state index contributed by atoms with van der Waals surface area (Å²) in [5.74, 6) is -0.959. The molecule has 0 saturated heterocycles. The smallest absolute Gasteiger partial charge is 0.341 e. The Morgan fingerprint density at radius 3 is 2.54 bits per heavy atom. The molecule has 0 aliphatic rings. The van der Waals surface area contributed by atoms with E-state index >= 15 is 0 Å². The Hall–Kier alpha value is -2.05. The van der Waals surface area contributed by atoms with Crippen molar-refractivity contribution in [3.8, 4) is 0 Å². The van der Waals surface area contributed by atoms with Gasteiger partial charge in [0.25, 0.3) is 5.91 Å². The van der Waals surface area contributed by atoms with Gasteiger partial charge in [0.05, 0.1) is 10.6 Å². The number of carbonyl (C=O) groups is 2. The molecule has 0 aliphatic carbocycles. The summed E-state index contributed by atoms with van der Waals surface area (Å²) in [5, 5.41) is 3.82. The molecule has 0 unspecified atom stereocenters. The van der Waals surface area contributed by atoms with Crippen LogP contribution in [0.15, 0.2) is 52.5 Å². The standard InChI is InChI=1S/C19H21ClN2O3S/c1-12(16(23)22-19(2,3)4)25-18(24)13-8-7-11-21-17(13)26-15-10-6-5-9-14(15)20/h5-12H,1-4H3,(H,22,23)/t12-/m1/s1. The van der Waals surface area contributed by atoms with Crippen LogP contribution in [-0.2, 0) is 9.53 Å². The van der Waals surface area contributed by atoms with Crippen molar-refractivity contribution in [2.24, 2.45) is 0 Å². The van der Waals surface area contributed by atoms with Crippen molar-refractivity contribution in [3.05, 3.63) is 53.2 Å². The zero-order valence-corrected chi connectivity index (χ0v) is 16.6. The first-order valence-corrected chi connectivity index (χ1v) is 9.27. The van der Waals surface area contributed by atoms with Gasteiger partial charge in [0.2, 0.25) is 0 Å². The summed E-state index contributed by atoms with van der Waals surface area (Å²) < 4.78 is 5.32. The highest BCUT2D eigenvalue weighted by Crippen LogP contribution is 2.33. The number of pyridine rings is 1. The van der Waals surface area contributed by atoms with Crippen LogP contribution in [-0.4, -0.2) is 28.5 Å². The molecule has 138 valence electrons. The van der Waals surface area contributed by atoms with E-state index in [-0.39, 0.29) is 11.5 Å². The maximum Gasteiger partial charge on any atom is 0.341 e. The average molecular weight is 393 g/mol. The SMILES string of the molecule is C[C@@H](OC(=O)c1cccnc1Sc1ccccc1Cl)C(=O)NC(C)(C)C. The van der Waals surface area contributed by atoms with Gasteiger partial charge in [0.1, 0.15) is 5.03 Å². The highest BCUT2D eigenvalue weighted by atomic mass is 35.5. The molecular weight excluding hydrogens is 372 g/mol. The number of benzene rings is 1. The molecule has 5 nitrogen and oxygen atoms in total. The molecule has 7 heteroatoms. The van der Waals surface area contributed by atoms with E-state index in [1.165, 1.54) is 18.7 Å². The second kappa shape index (κ2) is 8.56. The Bertz CT molecular complexity index is 805. The number of hydrogen-bond acceptors (Lipinski definition) is 5. The van der Waals surface area contributed by atoms with Gasteiger partial charge in [0, 0.05) is 16.6 Å². The topological polar surface area (TPSA) is 68.3 Å². The molecule has 0 radical (unpaired) electrons. The summed E-state index contributed by atoms with van der Waals surface area (Å²) in [5.41, 5.74) is -0.121. The number of amides is 1. The van der Waals surface area contributed by atoms with E-state index in [0.29, 0.717) is 10.0 Å². The monoisotopic (exact) mass is 392 g/mol. The van der Waals surface area contributed by atoms with Gasteiger partial charge >= 0.3 is 5.97 Å². The molecule has 26 heavy (non-hydrogen) atoms. The molecule has 1 atom stereocenters. The molecule has 2 aromatic rings. The number of rotatable bonds is 5. The number of aromatic nitrogens is 1. The van der Waals surface area contributed by atoms with Crippen molar-refractivity contribution in [3.63, 3.8) is 0 Å². The van der Waals surface area contributed by atoms with Crippen LogP contribution >= 0.6 is 23.4 Å². The highest BCUT2D eigenvalue weighted by Gasteiger charge is 2.24. The van der Waals surface area contributed by atoms with Crippen molar-refractivity contribution >= 4 is 35.2 Å². The first-order chi connectivity index (χ1) is 12.2. The van der Waals surface area contributed by atoms with Crippen LogP contribution in [0.3, 0.4) is 0 Å². The Balaban J connectivity index is 2.15. The summed E-state index contributed by atoms with van der Waals surface area (Å²) in [6.45, 7) is 7.12. The summed E-state index contributed by atoms with van der Waals surface area (Å²) in [6, 6.07) is 10.6. The quantitative estimate of drug-likeness (QED) is 0.766. The van der Waals surface area contributed by atoms with Gasteiger partial charge in [-0.1, -0.05) is 35.5 Å². The van der Waals surface area contributed by atoms with Crippen LogP contribution in [0.25, 0.3) is 0 Å². The largest absolute Gasteiger partial charge is 0.449 e. The van der Waals surface area contributed by atoms with Gasteiger partial charge in [-0.05, 0) is 52.0 Å². The predicted molar refractivity (Wildman–Crippen MR) is 103 cm³/mol. The lowest BCUT2D eigenvalue weighted by atomic mass is 10.1. The fraction of sp³-hybridized carbons (Fsp3) is 0.316. The van der Waals surface area contributed by atoms with Crippen LogP contribution in [0.5, 0.6) is 0 Å². The first kappa shape index (κ1) is 20.3. The number of ether oxygens (including phenoxy) is 1. The third-order valence-electron chi connectivity index (χ3n) is 3.19. The molecule has 1 amide bonds. The molecular formula is C19H21ClN2O3S. The molecule has 0 saturated carbocycles. The van der Waals surface area contributed by atoms with Crippen molar-refractivity contribution in [1.29, 1.82) is 0 Å². The van der Waals surface area contributed by atoms with E-state index in [0.717, 1.165) is 4.90 Å². The summed E-state index contributed by atoms with van der Waals surface area (Å²) in [6.07, 6.45) is 0.672. The van der Waals surface area contributed by atoms with E-state index in [2.05, 4.69) is 10.3 Å². The van der Waals surface area contributed by atoms with Gasteiger partial charge in [-0.25, -0.2) is 9.78 Å². The van der Waals surface area contributed by atoms with E-state index in [9.17, 15) is 9.59 Å². The zero-order valence-electron chi connectivity index (χ0n) is 15.1. The van der Waals surface area contributed by atoms with Crippen molar-refractivity contribution in [2.75, 3.05) is 0 Å². The normalized spacial score (nSPS) is 12.3. The second-order valence-corrected chi connectivity index (χ2v) is 8.11. The number of esters is 1. The molecule has 0 bridgehead atoms. The molecule has 1 aromatic carbocycles. The van der Waals surface area contributed by atoms with Crippen LogP contribution in [0.1, 0.15) is 38.1 Å². The third kappa shape index (κ3) is 5.75. The first-order valence-electron chi connectivity index (χ1n) is 8.08. The van der Waals surface area contributed by atoms with Gasteiger partial charge in [-0.15, -0.1) is 0 Å². The average Bonchev–Trinajstić information content (AvgIpc) is 2.55. The number of halogens is 1. The molecule has 0 aliphatic heterocycles. The summed E-state index contributed by atoms with van der Waals surface area (Å²) >= 11 is 7.45. The Labute approximate surface area is 162 Å². The molecule has 0 spiro atoms. The minimum Gasteiger partial charge on any atom is -0.449 e. The maximum absolute atomic E-state index is 12.5. The fourth-order valence-corrected chi connectivity index (χ4v) is 3.15. The van der Waals surface area contributed by atoms with E-state index < -0.39 is 17.6 Å². The van der Waals surface area contributed by atoms with E-state index in [1.807, 2.05) is 39.0 Å². The van der Waals surface area contributed by atoms with E-state index in [4.69, 9.17) is 16.3 Å². The Morgan fingerprint density at radius 2 is 1.88 bits per heavy atom. The van der Waals surface area contributed by atoms with Crippen molar-refractivity contribution in [1.82, 2.24) is 10.3 Å². The number of nitrogens with zero attached hydrogens (tertiary/aromatic N) is 1. The molecule has 1 N–H and O–H groups in total. The Kier molecular flexibility index (Phi) is 6.67. The number of hydrogen-bond donors (Lipinski definition) is 1. The lowest BCUT2D eigenvalue weighted by Gasteiger charge is -2.23. The Morgan fingerprint density at radius 1 is 1.19 bits per heavy atom. The van der Waals surface area contributed by atoms with Crippen LogP contribution in [0.4, 0.5) is 0 Å². The molecule has 0 fully saturated rings. The number of nitrogens with one attached hydrogen (secondary N) is 1. The molecule has 1 aromatic heterocycles. The lowest BCUT2D eigenvalue weighted by Crippen LogP contribution is -2.46. The zero-order chi connectivity index (χ0) is 19.3. The van der Waals surface area contributed by atoms with Crippen LogP contribution in [0, 0.1) is 0 Å². The molecule has 1 heterocycles. The van der Waals surface area contributed by atoms with E-state index in [1.54, 1.807) is 24.4 Å². The summed E-state index contributed by atoms with van der Waals surface area (Å²) in [7, 11) is 0. The van der Waals surface area contributed by atoms with Crippen LogP contribution < -0.4 is 5.32 Å². The maximum atomic E-state index is 12.5. The molecule has 2 rings (SSSR count). The van der Waals surface area contributed by atoms with Gasteiger partial charge in [-0.3, -0.25) is 4.79 Å². The third-order valence-corrected chi connectivity index (χ3v) is 4.72. The van der Waals surface area contributed by atoms with Gasteiger partial charge in [0.15, 0.2) is 6.10 Å². The lowest BCUT2D eigenvalue weighted by molar-refractivity contribution is -0.130. The fourth-order valence-electron chi connectivity index (χ4n) is 2.01. The highest BCUT2D eigenvalue weighted by molar-refractivity contribution is 7.99. The number of carbonyl (C=O) groups excluding carboxylic acids is 2. The minimum atomic E-state index is -0.917. The van der Waals surface area contributed by atoms with Crippen LogP contribution in [0.2, 0.25) is 5.02 Å². The minimum absolute atomic E-state index is 0.285.